The first-order valence-corrected chi connectivity index (χ1v) is 5.14. The maximum Gasteiger partial charge on any atom is 0.362 e. The van der Waals surface area contributed by atoms with Crippen molar-refractivity contribution in [1.82, 2.24) is 10.3 Å². The first kappa shape index (κ1) is 10.9. The molecule has 1 aliphatic rings. The van der Waals surface area contributed by atoms with Gasteiger partial charge in [-0.25, -0.2) is 9.42 Å². The molecule has 0 amide bonds. The van der Waals surface area contributed by atoms with Crippen molar-refractivity contribution >= 4 is 11.8 Å². The number of piperidine rings is 1. The molecule has 1 aliphatic heterocycles. The molecular formula is C9H13N3O4. The van der Waals surface area contributed by atoms with Crippen molar-refractivity contribution in [2.75, 3.05) is 24.6 Å². The van der Waals surface area contributed by atoms with Gasteiger partial charge in [-0.3, -0.25) is 0 Å². The van der Waals surface area contributed by atoms with Crippen LogP contribution in [0.3, 0.4) is 0 Å². The van der Waals surface area contributed by atoms with Crippen LogP contribution in [0.1, 0.15) is 23.3 Å². The van der Waals surface area contributed by atoms with Crippen molar-refractivity contribution < 1.29 is 19.6 Å². The van der Waals surface area contributed by atoms with Gasteiger partial charge < -0.3 is 15.1 Å². The zero-order chi connectivity index (χ0) is 11.5. The lowest BCUT2D eigenvalue weighted by atomic mass is 9.99. The molecule has 7 nitrogen and oxygen atoms in total. The SMILES string of the molecule is O=C(O)c1nonc1N1CCCC(CO)C1. The Bertz CT molecular complexity index is 379. The number of aromatic carboxylic acids is 1. The molecule has 0 spiro atoms. The zero-order valence-corrected chi connectivity index (χ0v) is 8.67. The Labute approximate surface area is 91.6 Å². The molecule has 0 radical (unpaired) electrons. The second kappa shape index (κ2) is 4.48. The lowest BCUT2D eigenvalue weighted by Gasteiger charge is -2.31. The minimum atomic E-state index is -1.15. The quantitative estimate of drug-likeness (QED) is 0.748. The number of carboxylic acid groups (broad SMARTS) is 1. The summed E-state index contributed by atoms with van der Waals surface area (Å²) in [4.78, 5) is 12.6. The van der Waals surface area contributed by atoms with Crippen LogP contribution in [0.15, 0.2) is 4.63 Å². The average Bonchev–Trinajstić information content (AvgIpc) is 2.78. The molecule has 0 bridgehead atoms. The van der Waals surface area contributed by atoms with E-state index in [9.17, 15) is 4.79 Å². The fourth-order valence-electron chi connectivity index (χ4n) is 1.93. The zero-order valence-electron chi connectivity index (χ0n) is 8.67. The van der Waals surface area contributed by atoms with Gasteiger partial charge in [0.25, 0.3) is 0 Å². The van der Waals surface area contributed by atoms with Crippen molar-refractivity contribution in [2.45, 2.75) is 12.8 Å². The molecule has 1 unspecified atom stereocenters. The summed E-state index contributed by atoms with van der Waals surface area (Å²) >= 11 is 0. The maximum atomic E-state index is 10.8. The minimum absolute atomic E-state index is 0.101. The van der Waals surface area contributed by atoms with E-state index in [0.29, 0.717) is 13.1 Å². The summed E-state index contributed by atoms with van der Waals surface area (Å²) in [6.45, 7) is 1.40. The molecule has 1 saturated heterocycles. The fraction of sp³-hybridized carbons (Fsp3) is 0.667. The molecule has 1 aromatic rings. The van der Waals surface area contributed by atoms with Gasteiger partial charge in [-0.1, -0.05) is 0 Å². The molecule has 88 valence electrons. The molecule has 2 heterocycles. The number of hydrogen-bond donors (Lipinski definition) is 2. The van der Waals surface area contributed by atoms with E-state index >= 15 is 0 Å². The van der Waals surface area contributed by atoms with E-state index in [0.717, 1.165) is 12.8 Å². The van der Waals surface area contributed by atoms with Gasteiger partial charge in [-0.15, -0.1) is 0 Å². The maximum absolute atomic E-state index is 10.8. The number of aromatic nitrogens is 2. The van der Waals surface area contributed by atoms with Crippen molar-refractivity contribution in [3.05, 3.63) is 5.69 Å². The number of aliphatic hydroxyl groups is 1. The molecule has 1 aromatic heterocycles. The summed E-state index contributed by atoms with van der Waals surface area (Å²) in [5.41, 5.74) is -0.168. The van der Waals surface area contributed by atoms with E-state index in [-0.39, 0.29) is 24.0 Å². The third-order valence-electron chi connectivity index (χ3n) is 2.75. The fourth-order valence-corrected chi connectivity index (χ4v) is 1.93. The number of nitrogens with zero attached hydrogens (tertiary/aromatic N) is 3. The van der Waals surface area contributed by atoms with E-state index in [1.807, 2.05) is 0 Å². The molecule has 16 heavy (non-hydrogen) atoms. The smallest absolute Gasteiger partial charge is 0.362 e. The number of rotatable bonds is 3. The lowest BCUT2D eigenvalue weighted by Crippen LogP contribution is -2.37. The Morgan fingerprint density at radius 1 is 1.56 bits per heavy atom. The lowest BCUT2D eigenvalue weighted by molar-refractivity contribution is 0.0685. The van der Waals surface area contributed by atoms with Crippen LogP contribution in [-0.2, 0) is 0 Å². The van der Waals surface area contributed by atoms with Gasteiger partial charge in [0.15, 0.2) is 0 Å². The Morgan fingerprint density at radius 2 is 2.38 bits per heavy atom. The number of anilines is 1. The topological polar surface area (TPSA) is 99.7 Å². The predicted molar refractivity (Wildman–Crippen MR) is 53.3 cm³/mol. The molecule has 1 fully saturated rings. The van der Waals surface area contributed by atoms with E-state index in [4.69, 9.17) is 10.2 Å². The van der Waals surface area contributed by atoms with Crippen LogP contribution in [0.5, 0.6) is 0 Å². The van der Waals surface area contributed by atoms with Crippen LogP contribution in [0.25, 0.3) is 0 Å². The van der Waals surface area contributed by atoms with Gasteiger partial charge in [0.1, 0.15) is 0 Å². The van der Waals surface area contributed by atoms with Gasteiger partial charge in [0.2, 0.25) is 11.5 Å². The number of carbonyl (C=O) groups is 1. The van der Waals surface area contributed by atoms with Crippen molar-refractivity contribution in [3.63, 3.8) is 0 Å². The molecule has 1 atom stereocenters. The largest absolute Gasteiger partial charge is 0.476 e. The molecule has 0 aliphatic carbocycles. The van der Waals surface area contributed by atoms with Crippen molar-refractivity contribution in [3.8, 4) is 0 Å². The van der Waals surface area contributed by atoms with Crippen molar-refractivity contribution in [2.24, 2.45) is 5.92 Å². The van der Waals surface area contributed by atoms with Gasteiger partial charge in [0, 0.05) is 19.7 Å². The molecule has 0 saturated carbocycles. The second-order valence-corrected chi connectivity index (χ2v) is 3.88. The number of hydrogen-bond acceptors (Lipinski definition) is 6. The summed E-state index contributed by atoms with van der Waals surface area (Å²) in [7, 11) is 0. The Balaban J connectivity index is 2.16. The highest BCUT2D eigenvalue weighted by Crippen LogP contribution is 2.23. The first-order valence-electron chi connectivity index (χ1n) is 5.14. The third kappa shape index (κ3) is 1.99. The third-order valence-corrected chi connectivity index (χ3v) is 2.75. The second-order valence-electron chi connectivity index (χ2n) is 3.88. The van der Waals surface area contributed by atoms with Gasteiger partial charge in [-0.05, 0) is 29.1 Å². The van der Waals surface area contributed by atoms with Crippen LogP contribution < -0.4 is 4.90 Å². The summed E-state index contributed by atoms with van der Waals surface area (Å²) < 4.78 is 4.44. The minimum Gasteiger partial charge on any atom is -0.476 e. The van der Waals surface area contributed by atoms with Crippen LogP contribution in [0, 0.1) is 5.92 Å². The standard InChI is InChI=1S/C9H13N3O4/c13-5-6-2-1-3-12(4-6)8-7(9(14)15)10-16-11-8/h6,13H,1-5H2,(H,14,15). The van der Waals surface area contributed by atoms with Gasteiger partial charge >= 0.3 is 5.97 Å². The summed E-state index contributed by atoms with van der Waals surface area (Å²) in [5.74, 6) is -0.736. The Morgan fingerprint density at radius 3 is 3.06 bits per heavy atom. The molecule has 0 aromatic carbocycles. The molecule has 7 heteroatoms. The van der Waals surface area contributed by atoms with Crippen LogP contribution in [0.4, 0.5) is 5.82 Å². The van der Waals surface area contributed by atoms with Gasteiger partial charge in [0.05, 0.1) is 0 Å². The predicted octanol–water partition coefficient (Wildman–Crippen LogP) is -0.0235. The first-order chi connectivity index (χ1) is 7.72. The van der Waals surface area contributed by atoms with Gasteiger partial charge in [-0.2, -0.15) is 0 Å². The van der Waals surface area contributed by atoms with Crippen molar-refractivity contribution in [1.29, 1.82) is 0 Å². The summed E-state index contributed by atoms with van der Waals surface area (Å²) in [5, 5.41) is 24.9. The normalized spacial score (nSPS) is 21.1. The highest BCUT2D eigenvalue weighted by molar-refractivity contribution is 5.90. The molecule has 2 N–H and O–H groups in total. The van der Waals surface area contributed by atoms with E-state index in [1.165, 1.54) is 0 Å². The van der Waals surface area contributed by atoms with Crippen LogP contribution in [0.2, 0.25) is 0 Å². The Hall–Kier alpha value is -1.63. The van der Waals surface area contributed by atoms with E-state index in [2.05, 4.69) is 14.9 Å². The van der Waals surface area contributed by atoms with E-state index < -0.39 is 5.97 Å². The summed E-state index contributed by atoms with van der Waals surface area (Å²) in [6.07, 6.45) is 1.85. The monoisotopic (exact) mass is 227 g/mol. The number of carboxylic acids is 1. The van der Waals surface area contributed by atoms with E-state index in [1.54, 1.807) is 4.90 Å². The highest BCUT2D eigenvalue weighted by Gasteiger charge is 2.27. The molecular weight excluding hydrogens is 214 g/mol. The average molecular weight is 227 g/mol. The summed E-state index contributed by atoms with van der Waals surface area (Å²) in [6, 6.07) is 0. The van der Waals surface area contributed by atoms with Crippen LogP contribution >= 0.6 is 0 Å². The highest BCUT2D eigenvalue weighted by atomic mass is 16.6. The molecule has 2 rings (SSSR count). The van der Waals surface area contributed by atoms with Crippen LogP contribution in [-0.4, -0.2) is 46.2 Å². The number of aliphatic hydroxyl groups excluding tert-OH is 1. The Kier molecular flexibility index (Phi) is 3.04.